The predicted octanol–water partition coefficient (Wildman–Crippen LogP) is 0.901. The van der Waals surface area contributed by atoms with Crippen molar-refractivity contribution in [2.45, 2.75) is 33.1 Å². The summed E-state index contributed by atoms with van der Waals surface area (Å²) in [5.74, 6) is 0.135. The standard InChI is InChI=1S/C11H15N5O/c1-5-6-8(16-10(12)13-5)15-9(17)7(14-6)11(2,3)4/h1-4H3,(H3,12,13,15,16,17). The Morgan fingerprint density at radius 3 is 2.41 bits per heavy atom. The van der Waals surface area contributed by atoms with Crippen molar-refractivity contribution in [2.75, 3.05) is 5.73 Å². The third-order valence-corrected chi connectivity index (χ3v) is 2.46. The molecule has 0 bridgehead atoms. The van der Waals surface area contributed by atoms with Crippen LogP contribution in [0.4, 0.5) is 5.95 Å². The van der Waals surface area contributed by atoms with Gasteiger partial charge in [0.25, 0.3) is 5.56 Å². The number of H-pyrrole nitrogens is 1. The Labute approximate surface area is 98.3 Å². The number of hydrogen-bond acceptors (Lipinski definition) is 5. The molecule has 6 nitrogen and oxygen atoms in total. The number of nitrogen functional groups attached to an aromatic ring is 1. The summed E-state index contributed by atoms with van der Waals surface area (Å²) in [4.78, 5) is 26.9. The van der Waals surface area contributed by atoms with Gasteiger partial charge in [-0.1, -0.05) is 20.8 Å². The fourth-order valence-corrected chi connectivity index (χ4v) is 1.65. The Morgan fingerprint density at radius 2 is 1.82 bits per heavy atom. The van der Waals surface area contributed by atoms with Gasteiger partial charge in [0.1, 0.15) is 11.2 Å². The number of aromatic nitrogens is 4. The fourth-order valence-electron chi connectivity index (χ4n) is 1.65. The van der Waals surface area contributed by atoms with Crippen LogP contribution in [0.25, 0.3) is 11.2 Å². The molecule has 0 aliphatic heterocycles. The molecule has 0 aromatic carbocycles. The zero-order valence-electron chi connectivity index (χ0n) is 10.3. The number of aryl methyl sites for hydroxylation is 1. The first-order valence-electron chi connectivity index (χ1n) is 5.33. The quantitative estimate of drug-likeness (QED) is 0.704. The zero-order chi connectivity index (χ0) is 12.8. The summed E-state index contributed by atoms with van der Waals surface area (Å²) < 4.78 is 0. The Morgan fingerprint density at radius 1 is 1.18 bits per heavy atom. The normalized spacial score (nSPS) is 12.0. The third-order valence-electron chi connectivity index (χ3n) is 2.46. The van der Waals surface area contributed by atoms with E-state index < -0.39 is 0 Å². The number of nitrogens with zero attached hydrogens (tertiary/aromatic N) is 3. The number of anilines is 1. The van der Waals surface area contributed by atoms with Gasteiger partial charge in [0.2, 0.25) is 5.95 Å². The summed E-state index contributed by atoms with van der Waals surface area (Å²) in [7, 11) is 0. The molecule has 0 amide bonds. The second kappa shape index (κ2) is 3.51. The lowest BCUT2D eigenvalue weighted by molar-refractivity contribution is 0.562. The lowest BCUT2D eigenvalue weighted by atomic mass is 9.92. The minimum absolute atomic E-state index is 0.135. The van der Waals surface area contributed by atoms with E-state index >= 15 is 0 Å². The van der Waals surface area contributed by atoms with Crippen molar-refractivity contribution in [3.63, 3.8) is 0 Å². The van der Waals surface area contributed by atoms with Crippen LogP contribution < -0.4 is 11.3 Å². The van der Waals surface area contributed by atoms with Gasteiger partial charge in [-0.2, -0.15) is 4.98 Å². The molecule has 90 valence electrons. The summed E-state index contributed by atoms with van der Waals surface area (Å²) >= 11 is 0. The molecule has 6 heteroatoms. The Balaban J connectivity index is 2.86. The second-order valence-electron chi connectivity index (χ2n) is 5.03. The van der Waals surface area contributed by atoms with E-state index in [0.717, 1.165) is 0 Å². The highest BCUT2D eigenvalue weighted by Crippen LogP contribution is 2.19. The van der Waals surface area contributed by atoms with Crippen molar-refractivity contribution in [2.24, 2.45) is 0 Å². The largest absolute Gasteiger partial charge is 0.368 e. The maximum absolute atomic E-state index is 11.9. The molecule has 0 spiro atoms. The molecule has 0 aliphatic carbocycles. The van der Waals surface area contributed by atoms with Crippen LogP contribution in [0.2, 0.25) is 0 Å². The van der Waals surface area contributed by atoms with E-state index in [2.05, 4.69) is 19.9 Å². The fraction of sp³-hybridized carbons (Fsp3) is 0.455. The van der Waals surface area contributed by atoms with Crippen molar-refractivity contribution in [3.8, 4) is 0 Å². The zero-order valence-corrected chi connectivity index (χ0v) is 10.3. The van der Waals surface area contributed by atoms with Gasteiger partial charge in [0, 0.05) is 5.41 Å². The highest BCUT2D eigenvalue weighted by atomic mass is 16.1. The molecule has 0 atom stereocenters. The van der Waals surface area contributed by atoms with Crippen molar-refractivity contribution in [1.82, 2.24) is 19.9 Å². The van der Waals surface area contributed by atoms with Gasteiger partial charge in [-0.3, -0.25) is 4.79 Å². The van der Waals surface area contributed by atoms with Crippen molar-refractivity contribution in [1.29, 1.82) is 0 Å². The van der Waals surface area contributed by atoms with Gasteiger partial charge in [-0.15, -0.1) is 0 Å². The highest BCUT2D eigenvalue weighted by Gasteiger charge is 2.21. The topological polar surface area (TPSA) is 97.5 Å². The molecule has 0 radical (unpaired) electrons. The van der Waals surface area contributed by atoms with Gasteiger partial charge in [-0.25, -0.2) is 9.97 Å². The average molecular weight is 233 g/mol. The van der Waals surface area contributed by atoms with E-state index in [1.165, 1.54) is 0 Å². The second-order valence-corrected chi connectivity index (χ2v) is 5.03. The summed E-state index contributed by atoms with van der Waals surface area (Å²) in [5.41, 5.74) is 7.07. The van der Waals surface area contributed by atoms with Crippen LogP contribution in [-0.4, -0.2) is 19.9 Å². The predicted molar refractivity (Wildman–Crippen MR) is 65.8 cm³/mol. The maximum atomic E-state index is 11.9. The van der Waals surface area contributed by atoms with Gasteiger partial charge in [0.15, 0.2) is 5.65 Å². The Bertz CT molecular complexity index is 639. The van der Waals surface area contributed by atoms with Gasteiger partial charge in [0.05, 0.1) is 5.69 Å². The number of rotatable bonds is 0. The molecule has 3 N–H and O–H groups in total. The molecule has 2 aromatic rings. The van der Waals surface area contributed by atoms with Crippen LogP contribution in [0.15, 0.2) is 4.79 Å². The summed E-state index contributed by atoms with van der Waals surface area (Å²) in [6.45, 7) is 7.59. The van der Waals surface area contributed by atoms with E-state index in [4.69, 9.17) is 5.73 Å². The molecular formula is C11H15N5O. The van der Waals surface area contributed by atoms with Crippen LogP contribution in [0, 0.1) is 6.92 Å². The van der Waals surface area contributed by atoms with E-state index in [-0.39, 0.29) is 16.9 Å². The first kappa shape index (κ1) is 11.5. The first-order valence-corrected chi connectivity index (χ1v) is 5.33. The SMILES string of the molecule is Cc1nc(N)nc2[nH]c(=O)c(C(C)(C)C)nc12. The maximum Gasteiger partial charge on any atom is 0.271 e. The Hall–Kier alpha value is -1.98. The molecule has 0 saturated carbocycles. The molecular weight excluding hydrogens is 218 g/mol. The highest BCUT2D eigenvalue weighted by molar-refractivity contribution is 5.73. The van der Waals surface area contributed by atoms with E-state index in [1.54, 1.807) is 6.92 Å². The number of fused-ring (bicyclic) bond motifs is 1. The molecule has 0 aliphatic rings. The minimum Gasteiger partial charge on any atom is -0.368 e. The van der Waals surface area contributed by atoms with Crippen LogP contribution in [0.5, 0.6) is 0 Å². The molecule has 17 heavy (non-hydrogen) atoms. The van der Waals surface area contributed by atoms with Gasteiger partial charge >= 0.3 is 0 Å². The van der Waals surface area contributed by atoms with Crippen molar-refractivity contribution in [3.05, 3.63) is 21.7 Å². The molecule has 0 fully saturated rings. The molecule has 2 aromatic heterocycles. The first-order chi connectivity index (χ1) is 7.79. The van der Waals surface area contributed by atoms with Crippen molar-refractivity contribution >= 4 is 17.1 Å². The number of nitrogens with two attached hydrogens (primary N) is 1. The smallest absolute Gasteiger partial charge is 0.271 e. The van der Waals surface area contributed by atoms with Crippen LogP contribution >= 0.6 is 0 Å². The van der Waals surface area contributed by atoms with Gasteiger partial charge < -0.3 is 10.7 Å². The van der Waals surface area contributed by atoms with Crippen LogP contribution in [0.1, 0.15) is 32.2 Å². The van der Waals surface area contributed by atoms with E-state index in [1.807, 2.05) is 20.8 Å². The molecule has 2 heterocycles. The van der Waals surface area contributed by atoms with Gasteiger partial charge in [-0.05, 0) is 6.92 Å². The lowest BCUT2D eigenvalue weighted by Gasteiger charge is -2.16. The number of aromatic amines is 1. The number of nitrogens with one attached hydrogen (secondary N) is 1. The average Bonchev–Trinajstić information content (AvgIpc) is 2.13. The summed E-state index contributed by atoms with van der Waals surface area (Å²) in [5, 5.41) is 0. The van der Waals surface area contributed by atoms with Crippen LogP contribution in [0.3, 0.4) is 0 Å². The molecule has 2 rings (SSSR count). The van der Waals surface area contributed by atoms with E-state index in [0.29, 0.717) is 22.6 Å². The third kappa shape index (κ3) is 1.98. The monoisotopic (exact) mass is 233 g/mol. The Kier molecular flexibility index (Phi) is 2.38. The summed E-state index contributed by atoms with van der Waals surface area (Å²) in [6, 6.07) is 0. The molecule has 0 unspecified atom stereocenters. The van der Waals surface area contributed by atoms with Crippen molar-refractivity contribution < 1.29 is 0 Å². The minimum atomic E-state index is -0.324. The molecule has 0 saturated heterocycles. The number of hydrogen-bond donors (Lipinski definition) is 2. The lowest BCUT2D eigenvalue weighted by Crippen LogP contribution is -2.27. The summed E-state index contributed by atoms with van der Waals surface area (Å²) in [6.07, 6.45) is 0. The van der Waals surface area contributed by atoms with Crippen LogP contribution in [-0.2, 0) is 5.41 Å². The van der Waals surface area contributed by atoms with E-state index in [9.17, 15) is 4.79 Å².